The number of nitriles is 1. The molecule has 0 unspecified atom stereocenters. The second-order valence-electron chi connectivity index (χ2n) is 5.33. The minimum atomic E-state index is -0.473. The summed E-state index contributed by atoms with van der Waals surface area (Å²) in [5.41, 5.74) is 5.63. The molecule has 25 heavy (non-hydrogen) atoms. The Balaban J connectivity index is 2.11. The number of hydrogen-bond acceptors (Lipinski definition) is 6. The third kappa shape index (κ3) is 4.81. The van der Waals surface area contributed by atoms with Gasteiger partial charge in [-0.2, -0.15) is 15.5 Å². The van der Waals surface area contributed by atoms with Crippen molar-refractivity contribution in [1.82, 2.24) is 10.2 Å². The maximum Gasteiger partial charge on any atom is 0.285 e. The Hall–Kier alpha value is -2.85. The van der Waals surface area contributed by atoms with Gasteiger partial charge in [0.2, 0.25) is 0 Å². The molecular weight excluding hydrogens is 340 g/mol. The number of aromatic amines is 1. The molecule has 8 heteroatoms. The predicted octanol–water partition coefficient (Wildman–Crippen LogP) is 2.92. The van der Waals surface area contributed by atoms with E-state index in [0.29, 0.717) is 18.7 Å². The highest BCUT2D eigenvalue weighted by molar-refractivity contribution is 6.32. The molecule has 0 spiro atoms. The van der Waals surface area contributed by atoms with E-state index in [1.165, 1.54) is 6.20 Å². The first-order valence-corrected chi connectivity index (χ1v) is 8.19. The molecule has 130 valence electrons. The summed E-state index contributed by atoms with van der Waals surface area (Å²) in [6.07, 6.45) is 3.54. The Morgan fingerprint density at radius 3 is 3.00 bits per heavy atom. The third-order valence-electron chi connectivity index (χ3n) is 3.68. The van der Waals surface area contributed by atoms with Crippen LogP contribution in [0.25, 0.3) is 0 Å². The molecule has 1 aromatic carbocycles. The lowest BCUT2D eigenvalue weighted by molar-refractivity contribution is 0.826. The van der Waals surface area contributed by atoms with Gasteiger partial charge in [-0.3, -0.25) is 10.2 Å². The van der Waals surface area contributed by atoms with Gasteiger partial charge in [0, 0.05) is 18.8 Å². The summed E-state index contributed by atoms with van der Waals surface area (Å²) in [6.45, 7) is 5.59. The Bertz CT molecular complexity index is 855. The summed E-state index contributed by atoms with van der Waals surface area (Å²) < 4.78 is 0. The number of halogens is 1. The quantitative estimate of drug-likeness (QED) is 0.586. The zero-order valence-corrected chi connectivity index (χ0v) is 14.8. The van der Waals surface area contributed by atoms with Gasteiger partial charge in [-0.15, -0.1) is 0 Å². The van der Waals surface area contributed by atoms with Crippen molar-refractivity contribution in [2.75, 3.05) is 23.4 Å². The van der Waals surface area contributed by atoms with E-state index >= 15 is 0 Å². The lowest BCUT2D eigenvalue weighted by Gasteiger charge is -2.22. The van der Waals surface area contributed by atoms with Crippen LogP contribution in [0.2, 0.25) is 5.02 Å². The largest absolute Gasteiger partial charge is 0.371 e. The summed E-state index contributed by atoms with van der Waals surface area (Å²) in [5.74, 6) is 0. The normalized spacial score (nSPS) is 10.6. The van der Waals surface area contributed by atoms with Crippen molar-refractivity contribution in [1.29, 1.82) is 5.26 Å². The van der Waals surface area contributed by atoms with E-state index in [2.05, 4.69) is 44.7 Å². The number of nitrogens with one attached hydrogen (secondary N) is 2. The first kappa shape index (κ1) is 18.5. The molecule has 2 aromatic rings. The zero-order chi connectivity index (χ0) is 18.2. The van der Waals surface area contributed by atoms with Crippen LogP contribution in [-0.4, -0.2) is 29.5 Å². The van der Waals surface area contributed by atoms with Gasteiger partial charge in [0.15, 0.2) is 0 Å². The maximum absolute atomic E-state index is 11.4. The molecule has 0 radical (unpaired) electrons. The molecule has 0 atom stereocenters. The number of nitrogens with zero attached hydrogens (tertiary/aromatic N) is 4. The van der Waals surface area contributed by atoms with Gasteiger partial charge in [-0.1, -0.05) is 17.7 Å². The van der Waals surface area contributed by atoms with Gasteiger partial charge in [0.05, 0.1) is 24.9 Å². The minimum Gasteiger partial charge on any atom is -0.371 e. The lowest BCUT2D eigenvalue weighted by atomic mass is 10.1. The molecule has 0 fully saturated rings. The molecule has 1 aromatic heterocycles. The molecule has 1 heterocycles. The van der Waals surface area contributed by atoms with E-state index in [-0.39, 0.29) is 5.02 Å². The van der Waals surface area contributed by atoms with Crippen molar-refractivity contribution >= 4 is 29.2 Å². The van der Waals surface area contributed by atoms with Crippen LogP contribution in [0.4, 0.5) is 11.4 Å². The van der Waals surface area contributed by atoms with Gasteiger partial charge >= 0.3 is 0 Å². The van der Waals surface area contributed by atoms with Crippen molar-refractivity contribution in [3.05, 3.63) is 50.9 Å². The number of anilines is 2. The Kier molecular flexibility index (Phi) is 6.54. The second-order valence-corrected chi connectivity index (χ2v) is 5.70. The highest BCUT2D eigenvalue weighted by Crippen LogP contribution is 2.19. The molecule has 0 saturated carbocycles. The fourth-order valence-electron chi connectivity index (χ4n) is 2.29. The molecule has 7 nitrogen and oxygen atoms in total. The van der Waals surface area contributed by atoms with Gasteiger partial charge in [-0.25, -0.2) is 5.10 Å². The van der Waals surface area contributed by atoms with Gasteiger partial charge < -0.3 is 4.90 Å². The average molecular weight is 359 g/mol. The predicted molar refractivity (Wildman–Crippen MR) is 100 cm³/mol. The summed E-state index contributed by atoms with van der Waals surface area (Å²) in [7, 11) is 0. The van der Waals surface area contributed by atoms with Crippen LogP contribution in [0, 0.1) is 18.3 Å². The van der Waals surface area contributed by atoms with Crippen LogP contribution in [-0.2, 0) is 0 Å². The zero-order valence-electron chi connectivity index (χ0n) is 14.1. The average Bonchev–Trinajstić information content (AvgIpc) is 2.61. The van der Waals surface area contributed by atoms with Crippen molar-refractivity contribution < 1.29 is 0 Å². The third-order valence-corrected chi connectivity index (χ3v) is 4.05. The van der Waals surface area contributed by atoms with Crippen LogP contribution < -0.4 is 15.9 Å². The number of rotatable bonds is 7. The molecule has 2 rings (SSSR count). The van der Waals surface area contributed by atoms with Crippen molar-refractivity contribution in [2.45, 2.75) is 20.3 Å². The SMILES string of the molecule is CCN(CCC#N)c1ccc(/C=N\Nc2cn[nH]c(=O)c2Cl)c(C)c1. The molecule has 0 amide bonds. The molecular formula is C17H19ClN6O. The van der Waals surface area contributed by atoms with Gasteiger partial charge in [0.25, 0.3) is 5.56 Å². The van der Waals surface area contributed by atoms with E-state index in [1.54, 1.807) is 6.21 Å². The topological polar surface area (TPSA) is 97.2 Å². The van der Waals surface area contributed by atoms with Crippen LogP contribution in [0.3, 0.4) is 0 Å². The first-order chi connectivity index (χ1) is 12.1. The lowest BCUT2D eigenvalue weighted by Crippen LogP contribution is -2.23. The summed E-state index contributed by atoms with van der Waals surface area (Å²) >= 11 is 5.87. The smallest absolute Gasteiger partial charge is 0.285 e. The van der Waals surface area contributed by atoms with Crippen LogP contribution in [0.15, 0.2) is 34.3 Å². The standard InChI is InChI=1S/C17H19ClN6O/c1-3-24(8-4-7-19)14-6-5-13(12(2)9-14)10-20-22-15-11-21-23-17(25)16(15)18/h5-6,9-11H,3-4,8H2,1-2H3,(H2,22,23,25)/b20-10-. The van der Waals surface area contributed by atoms with Gasteiger partial charge in [0.1, 0.15) is 10.7 Å². The molecule has 0 bridgehead atoms. The number of aryl methyl sites for hydroxylation is 1. The number of H-pyrrole nitrogens is 1. The first-order valence-electron chi connectivity index (χ1n) is 7.81. The van der Waals surface area contributed by atoms with Crippen molar-refractivity contribution in [3.63, 3.8) is 0 Å². The van der Waals surface area contributed by atoms with Crippen molar-refractivity contribution in [3.8, 4) is 6.07 Å². The fourth-order valence-corrected chi connectivity index (χ4v) is 2.42. The molecule has 0 aliphatic rings. The van der Waals surface area contributed by atoms with Crippen LogP contribution in [0.1, 0.15) is 24.5 Å². The van der Waals surface area contributed by atoms with Crippen LogP contribution in [0.5, 0.6) is 0 Å². The summed E-state index contributed by atoms with van der Waals surface area (Å²) in [6, 6.07) is 8.19. The molecule has 2 N–H and O–H groups in total. The number of aromatic nitrogens is 2. The summed E-state index contributed by atoms with van der Waals surface area (Å²) in [4.78, 5) is 13.5. The highest BCUT2D eigenvalue weighted by atomic mass is 35.5. The van der Waals surface area contributed by atoms with E-state index in [1.807, 2.05) is 19.1 Å². The van der Waals surface area contributed by atoms with E-state index in [4.69, 9.17) is 16.9 Å². The number of benzene rings is 1. The molecule has 0 aliphatic carbocycles. The van der Waals surface area contributed by atoms with Gasteiger partial charge in [-0.05, 0) is 37.1 Å². The Morgan fingerprint density at radius 2 is 2.32 bits per heavy atom. The van der Waals surface area contributed by atoms with Crippen LogP contribution >= 0.6 is 11.6 Å². The van der Waals surface area contributed by atoms with E-state index in [9.17, 15) is 4.79 Å². The Morgan fingerprint density at radius 1 is 1.52 bits per heavy atom. The fraction of sp³-hybridized carbons (Fsp3) is 0.294. The van der Waals surface area contributed by atoms with Crippen molar-refractivity contribution in [2.24, 2.45) is 5.10 Å². The number of hydrogen-bond donors (Lipinski definition) is 2. The van der Waals surface area contributed by atoms with E-state index < -0.39 is 5.56 Å². The Labute approximate surface area is 150 Å². The molecule has 0 aliphatic heterocycles. The number of hydrazone groups is 1. The maximum atomic E-state index is 11.4. The minimum absolute atomic E-state index is 0.00954. The van der Waals surface area contributed by atoms with E-state index in [0.717, 1.165) is 23.4 Å². The highest BCUT2D eigenvalue weighted by Gasteiger charge is 2.06. The monoisotopic (exact) mass is 358 g/mol. The molecule has 0 saturated heterocycles. The second kappa shape index (κ2) is 8.85. The summed E-state index contributed by atoms with van der Waals surface area (Å²) in [5, 5.41) is 18.8.